The molecule has 8 nitrogen and oxygen atoms in total. The molecule has 1 aromatic heterocycles. The summed E-state index contributed by atoms with van der Waals surface area (Å²) in [6.07, 6.45) is 2.82. The number of rotatable bonds is 13. The lowest BCUT2D eigenvalue weighted by Crippen LogP contribution is -2.29. The van der Waals surface area contributed by atoms with E-state index in [4.69, 9.17) is 9.47 Å². The predicted octanol–water partition coefficient (Wildman–Crippen LogP) is 7.73. The molecule has 1 fully saturated rings. The number of aryl methyl sites for hydroxylation is 1. The lowest BCUT2D eigenvalue weighted by atomic mass is 9.95. The van der Waals surface area contributed by atoms with Crippen LogP contribution < -0.4 is 14.4 Å². The van der Waals surface area contributed by atoms with Crippen molar-refractivity contribution >= 4 is 45.7 Å². The number of unbranched alkanes of at least 4 members (excludes halogenated alkanes) is 1. The molecule has 1 amide bonds. The van der Waals surface area contributed by atoms with Crippen molar-refractivity contribution in [3.8, 4) is 11.5 Å². The highest BCUT2D eigenvalue weighted by molar-refractivity contribution is 8.00. The van der Waals surface area contributed by atoms with E-state index in [9.17, 15) is 14.7 Å². The fraction of sp³-hybridized carbons (Fsp3) is 0.294. The second-order valence-corrected chi connectivity index (χ2v) is 12.6. The summed E-state index contributed by atoms with van der Waals surface area (Å²) < 4.78 is 12.2. The van der Waals surface area contributed by atoms with E-state index in [1.165, 1.54) is 33.6 Å². The number of thioether (sulfide) groups is 1. The van der Waals surface area contributed by atoms with Gasteiger partial charge in [0.05, 0.1) is 24.8 Å². The molecule has 0 aliphatic carbocycles. The first kappa shape index (κ1) is 31.3. The molecule has 0 radical (unpaired) electrons. The maximum Gasteiger partial charge on any atom is 0.301 e. The number of Topliss-reactive ketones (excluding diaryl/α,β-unsaturated/α-hetero) is 1. The molecule has 1 atom stereocenters. The minimum atomic E-state index is -0.904. The standard InChI is InChI=1S/C34H35N3O5S2/c1-4-6-20-42-27-17-13-25(14-18-27)30(38)28-29(24-11-15-26(16-12-24)41-19-5-2)37(32(40)31(28)39)33-35-36-34(44-33)43-21-23-9-7-22(3)8-10-23/h7-18,29,38H,4-6,19-21H2,1-3H3/b30-28-. The summed E-state index contributed by atoms with van der Waals surface area (Å²) in [5, 5.41) is 20.4. The highest BCUT2D eigenvalue weighted by Gasteiger charge is 2.48. The highest BCUT2D eigenvalue weighted by Crippen LogP contribution is 2.44. The summed E-state index contributed by atoms with van der Waals surface area (Å²) in [7, 11) is 0. The van der Waals surface area contributed by atoms with Gasteiger partial charge in [-0.05, 0) is 67.3 Å². The van der Waals surface area contributed by atoms with E-state index in [2.05, 4.69) is 41.4 Å². The van der Waals surface area contributed by atoms with Gasteiger partial charge in [-0.3, -0.25) is 14.5 Å². The number of amides is 1. The number of ketones is 1. The number of anilines is 1. The molecule has 3 aromatic carbocycles. The smallest absolute Gasteiger partial charge is 0.301 e. The van der Waals surface area contributed by atoms with Crippen LogP contribution in [0.2, 0.25) is 0 Å². The molecule has 10 heteroatoms. The predicted molar refractivity (Wildman–Crippen MR) is 175 cm³/mol. The van der Waals surface area contributed by atoms with Gasteiger partial charge in [0.1, 0.15) is 17.3 Å². The lowest BCUT2D eigenvalue weighted by Gasteiger charge is -2.22. The van der Waals surface area contributed by atoms with Crippen LogP contribution in [0.1, 0.15) is 61.4 Å². The van der Waals surface area contributed by atoms with Gasteiger partial charge in [-0.1, -0.05) is 85.3 Å². The fourth-order valence-corrected chi connectivity index (χ4v) is 6.52. The van der Waals surface area contributed by atoms with Gasteiger partial charge in [-0.15, -0.1) is 10.2 Å². The van der Waals surface area contributed by atoms with Crippen LogP contribution >= 0.6 is 23.1 Å². The molecule has 44 heavy (non-hydrogen) atoms. The number of aromatic nitrogens is 2. The third-order valence-electron chi connectivity index (χ3n) is 7.09. The minimum Gasteiger partial charge on any atom is -0.507 e. The van der Waals surface area contributed by atoms with Crippen molar-refractivity contribution < 1.29 is 24.2 Å². The largest absolute Gasteiger partial charge is 0.507 e. The van der Waals surface area contributed by atoms with Gasteiger partial charge in [-0.2, -0.15) is 0 Å². The van der Waals surface area contributed by atoms with Crippen LogP contribution in [0.15, 0.2) is 82.7 Å². The molecule has 0 bridgehead atoms. The number of carbonyl (C=O) groups excluding carboxylic acids is 2. The van der Waals surface area contributed by atoms with Crippen LogP contribution in [0.3, 0.4) is 0 Å². The van der Waals surface area contributed by atoms with E-state index < -0.39 is 17.7 Å². The van der Waals surface area contributed by atoms with Crippen molar-refractivity contribution in [1.29, 1.82) is 0 Å². The Morgan fingerprint density at radius 2 is 1.55 bits per heavy atom. The van der Waals surface area contributed by atoms with Crippen LogP contribution in [0.25, 0.3) is 5.76 Å². The van der Waals surface area contributed by atoms with Gasteiger partial charge in [0.15, 0.2) is 4.34 Å². The zero-order valence-corrected chi connectivity index (χ0v) is 26.6. The average molecular weight is 630 g/mol. The molecule has 1 saturated heterocycles. The normalized spacial score (nSPS) is 16.0. The zero-order chi connectivity index (χ0) is 31.1. The van der Waals surface area contributed by atoms with Crippen LogP contribution in [-0.2, 0) is 15.3 Å². The van der Waals surface area contributed by atoms with Crippen molar-refractivity contribution in [2.45, 2.75) is 56.2 Å². The maximum absolute atomic E-state index is 13.6. The molecular formula is C34H35N3O5S2. The SMILES string of the molecule is CCCCOc1ccc(/C(O)=C2/C(=O)C(=O)N(c3nnc(SCc4ccc(C)cc4)s3)C2c2ccc(OCCC)cc2)cc1. The Labute approximate surface area is 265 Å². The Hall–Kier alpha value is -4.15. The topological polar surface area (TPSA) is 102 Å². The number of hydrogen-bond acceptors (Lipinski definition) is 9. The summed E-state index contributed by atoms with van der Waals surface area (Å²) in [5.41, 5.74) is 3.36. The minimum absolute atomic E-state index is 0.0130. The van der Waals surface area contributed by atoms with E-state index in [1.807, 2.05) is 13.8 Å². The van der Waals surface area contributed by atoms with Crippen molar-refractivity contribution in [2.24, 2.45) is 0 Å². The lowest BCUT2D eigenvalue weighted by molar-refractivity contribution is -0.132. The van der Waals surface area contributed by atoms with Gasteiger partial charge < -0.3 is 14.6 Å². The number of nitrogens with zero attached hydrogens (tertiary/aromatic N) is 3. The second kappa shape index (κ2) is 14.5. The number of benzene rings is 3. The molecule has 1 aliphatic rings. The van der Waals surface area contributed by atoms with Gasteiger partial charge in [0.25, 0.3) is 5.78 Å². The molecule has 5 rings (SSSR count). The van der Waals surface area contributed by atoms with Crippen molar-refractivity contribution in [1.82, 2.24) is 10.2 Å². The molecule has 1 unspecified atom stereocenters. The van der Waals surface area contributed by atoms with E-state index in [1.54, 1.807) is 48.5 Å². The van der Waals surface area contributed by atoms with Crippen LogP contribution in [-0.4, -0.2) is 40.2 Å². The van der Waals surface area contributed by atoms with Crippen molar-refractivity contribution in [2.75, 3.05) is 18.1 Å². The third kappa shape index (κ3) is 7.14. The van der Waals surface area contributed by atoms with Gasteiger partial charge in [0, 0.05) is 11.3 Å². The van der Waals surface area contributed by atoms with E-state index in [-0.39, 0.29) is 16.5 Å². The molecular weight excluding hydrogens is 595 g/mol. The van der Waals surface area contributed by atoms with E-state index >= 15 is 0 Å². The third-order valence-corrected chi connectivity index (χ3v) is 9.22. The zero-order valence-electron chi connectivity index (χ0n) is 25.0. The molecule has 0 saturated carbocycles. The summed E-state index contributed by atoms with van der Waals surface area (Å²) >= 11 is 2.75. The monoisotopic (exact) mass is 629 g/mol. The van der Waals surface area contributed by atoms with Gasteiger partial charge >= 0.3 is 5.91 Å². The van der Waals surface area contributed by atoms with Crippen molar-refractivity contribution in [3.63, 3.8) is 0 Å². The first-order valence-electron chi connectivity index (χ1n) is 14.7. The van der Waals surface area contributed by atoms with Crippen LogP contribution in [0.4, 0.5) is 5.13 Å². The Morgan fingerprint density at radius 1 is 0.886 bits per heavy atom. The molecule has 4 aromatic rings. The number of aliphatic hydroxyl groups excluding tert-OH is 1. The van der Waals surface area contributed by atoms with Gasteiger partial charge in [-0.25, -0.2) is 0 Å². The first-order valence-corrected chi connectivity index (χ1v) is 16.5. The molecule has 228 valence electrons. The summed E-state index contributed by atoms with van der Waals surface area (Å²) in [4.78, 5) is 28.5. The van der Waals surface area contributed by atoms with Gasteiger partial charge in [0.2, 0.25) is 5.13 Å². The average Bonchev–Trinajstić information content (AvgIpc) is 3.61. The quantitative estimate of drug-likeness (QED) is 0.0400. The van der Waals surface area contributed by atoms with Crippen LogP contribution in [0, 0.1) is 6.92 Å². The summed E-state index contributed by atoms with van der Waals surface area (Å²) in [6.45, 7) is 7.33. The summed E-state index contributed by atoms with van der Waals surface area (Å²) in [5.74, 6) is 0.214. The van der Waals surface area contributed by atoms with E-state index in [0.29, 0.717) is 45.9 Å². The molecule has 0 spiro atoms. The maximum atomic E-state index is 13.6. The Bertz CT molecular complexity index is 1620. The number of carbonyl (C=O) groups is 2. The van der Waals surface area contributed by atoms with Crippen molar-refractivity contribution in [3.05, 3.63) is 101 Å². The first-order chi connectivity index (χ1) is 21.4. The Balaban J connectivity index is 1.48. The number of ether oxygens (including phenoxy) is 2. The highest BCUT2D eigenvalue weighted by atomic mass is 32.2. The second-order valence-electron chi connectivity index (χ2n) is 10.4. The summed E-state index contributed by atoms with van der Waals surface area (Å²) in [6, 6.07) is 21.4. The van der Waals surface area contributed by atoms with E-state index in [0.717, 1.165) is 24.8 Å². The Kier molecular flexibility index (Phi) is 10.3. The molecule has 1 N–H and O–H groups in total. The number of aliphatic hydroxyl groups is 1. The fourth-order valence-electron chi connectivity index (χ4n) is 4.70. The Morgan fingerprint density at radius 3 is 2.20 bits per heavy atom. The number of hydrogen-bond donors (Lipinski definition) is 1. The molecule has 1 aliphatic heterocycles. The molecule has 2 heterocycles. The van der Waals surface area contributed by atoms with Crippen LogP contribution in [0.5, 0.6) is 11.5 Å².